The molecule has 1 saturated heterocycles. The highest BCUT2D eigenvalue weighted by atomic mass is 16.5. The molecule has 0 bridgehead atoms. The molecule has 2 aromatic rings. The zero-order valence-electron chi connectivity index (χ0n) is 24.5. The number of fused-ring (bicyclic) bond motifs is 4. The van der Waals surface area contributed by atoms with Crippen LogP contribution in [0.25, 0.3) is 0 Å². The van der Waals surface area contributed by atoms with E-state index in [-0.39, 0.29) is 12.1 Å². The molecule has 5 unspecified atom stereocenters. The predicted molar refractivity (Wildman–Crippen MR) is 153 cm³/mol. The highest BCUT2D eigenvalue weighted by Gasteiger charge is 2.41. The molecule has 0 amide bonds. The van der Waals surface area contributed by atoms with E-state index in [4.69, 9.17) is 18.9 Å². The van der Waals surface area contributed by atoms with Crippen LogP contribution in [0.4, 0.5) is 0 Å². The summed E-state index contributed by atoms with van der Waals surface area (Å²) >= 11 is 0. The number of hydrogen-bond acceptors (Lipinski definition) is 7. The van der Waals surface area contributed by atoms with E-state index in [1.54, 1.807) is 28.4 Å². The van der Waals surface area contributed by atoms with E-state index in [1.165, 1.54) is 28.7 Å². The number of ether oxygens (including phenoxy) is 4. The quantitative estimate of drug-likeness (QED) is 0.480. The van der Waals surface area contributed by atoms with Gasteiger partial charge in [0.2, 0.25) is 0 Å². The molecule has 5 rings (SSSR count). The Morgan fingerprint density at radius 2 is 1.38 bits per heavy atom. The average Bonchev–Trinajstić information content (AvgIpc) is 2.95. The number of piperidine rings is 1. The molecule has 0 aliphatic carbocycles. The Morgan fingerprint density at radius 1 is 0.821 bits per heavy atom. The minimum absolute atomic E-state index is 0.238. The van der Waals surface area contributed by atoms with Gasteiger partial charge >= 0.3 is 0 Å². The van der Waals surface area contributed by atoms with E-state index in [9.17, 15) is 5.11 Å². The molecule has 0 radical (unpaired) electrons. The summed E-state index contributed by atoms with van der Waals surface area (Å²) in [6, 6.07) is 9.39. The summed E-state index contributed by atoms with van der Waals surface area (Å²) in [5, 5.41) is 10.4. The third-order valence-corrected chi connectivity index (χ3v) is 9.44. The van der Waals surface area contributed by atoms with Crippen LogP contribution < -0.4 is 18.9 Å². The van der Waals surface area contributed by atoms with E-state index in [2.05, 4.69) is 41.0 Å². The van der Waals surface area contributed by atoms with Crippen molar-refractivity contribution in [1.29, 1.82) is 0 Å². The molecule has 2 aromatic carbocycles. The monoisotopic (exact) mass is 538 g/mol. The first kappa shape index (κ1) is 28.1. The molecule has 1 N–H and O–H groups in total. The molecular weight excluding hydrogens is 492 g/mol. The van der Waals surface area contributed by atoms with E-state index in [1.807, 2.05) is 6.92 Å². The van der Waals surface area contributed by atoms with Crippen LogP contribution in [0.5, 0.6) is 23.0 Å². The van der Waals surface area contributed by atoms with Crippen molar-refractivity contribution in [2.24, 2.45) is 11.8 Å². The Hall–Kier alpha value is -2.48. The number of aliphatic hydroxyl groups is 1. The largest absolute Gasteiger partial charge is 0.493 e. The van der Waals surface area contributed by atoms with Gasteiger partial charge in [-0.1, -0.05) is 13.3 Å². The van der Waals surface area contributed by atoms with Gasteiger partial charge in [0, 0.05) is 38.3 Å². The second-order valence-corrected chi connectivity index (χ2v) is 11.6. The van der Waals surface area contributed by atoms with Gasteiger partial charge in [0.1, 0.15) is 0 Å². The Labute approximate surface area is 234 Å². The lowest BCUT2D eigenvalue weighted by Gasteiger charge is -2.49. The summed E-state index contributed by atoms with van der Waals surface area (Å²) in [6.07, 6.45) is 5.00. The SMILES string of the molecule is CCC1CN2CCc3cc(OC)c(OC)cc3C2CC1CC1c2cc(OC)c(OC)cc2CCN1CC(C)O. The van der Waals surface area contributed by atoms with Crippen molar-refractivity contribution in [1.82, 2.24) is 9.80 Å². The predicted octanol–water partition coefficient (Wildman–Crippen LogP) is 5.04. The van der Waals surface area contributed by atoms with Crippen molar-refractivity contribution in [2.75, 3.05) is 54.6 Å². The van der Waals surface area contributed by atoms with Gasteiger partial charge in [0.05, 0.1) is 34.5 Å². The molecule has 1 fully saturated rings. The average molecular weight is 539 g/mol. The van der Waals surface area contributed by atoms with Crippen molar-refractivity contribution in [2.45, 2.75) is 64.1 Å². The number of hydrogen-bond donors (Lipinski definition) is 1. The lowest BCUT2D eigenvalue weighted by molar-refractivity contribution is 0.0229. The molecule has 3 aliphatic heterocycles. The van der Waals surface area contributed by atoms with E-state index >= 15 is 0 Å². The van der Waals surface area contributed by atoms with Gasteiger partial charge in [-0.25, -0.2) is 0 Å². The van der Waals surface area contributed by atoms with Crippen LogP contribution >= 0.6 is 0 Å². The molecule has 7 heteroatoms. The molecule has 3 heterocycles. The molecule has 5 atom stereocenters. The molecule has 0 spiro atoms. The van der Waals surface area contributed by atoms with Gasteiger partial charge in [-0.2, -0.15) is 0 Å². The summed E-state index contributed by atoms with van der Waals surface area (Å²) in [6.45, 7) is 8.08. The summed E-state index contributed by atoms with van der Waals surface area (Å²) in [5.41, 5.74) is 5.45. The van der Waals surface area contributed by atoms with Crippen molar-refractivity contribution in [3.8, 4) is 23.0 Å². The number of β-amino-alcohol motifs (C(OH)–C–C–N with tert-alkyl or cyclic N) is 1. The second kappa shape index (κ2) is 11.9. The summed E-state index contributed by atoms with van der Waals surface area (Å²) in [5.74, 6) is 4.42. The Balaban J connectivity index is 1.49. The topological polar surface area (TPSA) is 63.6 Å². The maximum absolute atomic E-state index is 10.4. The maximum atomic E-state index is 10.4. The molecule has 3 aliphatic rings. The fourth-order valence-electron chi connectivity index (χ4n) is 7.46. The number of benzene rings is 2. The first-order valence-electron chi connectivity index (χ1n) is 14.6. The Bertz CT molecular complexity index is 1150. The van der Waals surface area contributed by atoms with E-state index in [0.29, 0.717) is 24.4 Å². The molecule has 0 saturated carbocycles. The first-order chi connectivity index (χ1) is 18.9. The highest BCUT2D eigenvalue weighted by Crippen LogP contribution is 2.49. The Kier molecular flexibility index (Phi) is 8.60. The van der Waals surface area contributed by atoms with Crippen molar-refractivity contribution in [3.05, 3.63) is 46.5 Å². The van der Waals surface area contributed by atoms with Crippen LogP contribution in [0.1, 0.15) is 67.4 Å². The number of rotatable bonds is 9. The minimum Gasteiger partial charge on any atom is -0.493 e. The smallest absolute Gasteiger partial charge is 0.161 e. The van der Waals surface area contributed by atoms with Gasteiger partial charge in [-0.05, 0) is 91.0 Å². The molecule has 0 aromatic heterocycles. The Morgan fingerprint density at radius 3 is 1.97 bits per heavy atom. The second-order valence-electron chi connectivity index (χ2n) is 11.6. The highest BCUT2D eigenvalue weighted by molar-refractivity contribution is 5.51. The van der Waals surface area contributed by atoms with Crippen LogP contribution in [0.15, 0.2) is 24.3 Å². The zero-order valence-corrected chi connectivity index (χ0v) is 24.5. The zero-order chi connectivity index (χ0) is 27.7. The first-order valence-corrected chi connectivity index (χ1v) is 14.6. The third-order valence-electron chi connectivity index (χ3n) is 9.44. The summed E-state index contributed by atoms with van der Waals surface area (Å²) in [7, 11) is 6.86. The standard InChI is InChI=1S/C32H46N2O5/c1-7-21-19-34-11-9-23-15-30(37-4)32(39-6)17-26(23)28(34)13-24(21)12-27-25-16-31(38-5)29(36-3)14-22(25)8-10-33(27)18-20(2)35/h14-17,20-21,24,27-28,35H,7-13,18-19H2,1-6H3. The fraction of sp³-hybridized carbons (Fsp3) is 0.625. The van der Waals surface area contributed by atoms with Crippen LogP contribution in [0.3, 0.4) is 0 Å². The van der Waals surface area contributed by atoms with Crippen LogP contribution in [0.2, 0.25) is 0 Å². The number of aliphatic hydroxyl groups excluding tert-OH is 1. The van der Waals surface area contributed by atoms with Gasteiger partial charge in [0.15, 0.2) is 23.0 Å². The fourth-order valence-corrected chi connectivity index (χ4v) is 7.46. The van der Waals surface area contributed by atoms with Gasteiger partial charge in [-0.3, -0.25) is 9.80 Å². The summed E-state index contributed by atoms with van der Waals surface area (Å²) in [4.78, 5) is 5.20. The van der Waals surface area contributed by atoms with E-state index in [0.717, 1.165) is 68.3 Å². The molecular formula is C32H46N2O5. The van der Waals surface area contributed by atoms with Crippen molar-refractivity contribution < 1.29 is 24.1 Å². The number of methoxy groups -OCH3 is 4. The lowest BCUT2D eigenvalue weighted by atomic mass is 9.72. The van der Waals surface area contributed by atoms with Gasteiger partial charge in [0.25, 0.3) is 0 Å². The maximum Gasteiger partial charge on any atom is 0.161 e. The third kappa shape index (κ3) is 5.46. The lowest BCUT2D eigenvalue weighted by Crippen LogP contribution is -2.47. The normalized spacial score (nSPS) is 25.7. The summed E-state index contributed by atoms with van der Waals surface area (Å²) < 4.78 is 22.7. The van der Waals surface area contributed by atoms with Crippen molar-refractivity contribution in [3.63, 3.8) is 0 Å². The molecule has 39 heavy (non-hydrogen) atoms. The molecule has 214 valence electrons. The minimum atomic E-state index is -0.370. The molecule has 7 nitrogen and oxygen atoms in total. The van der Waals surface area contributed by atoms with E-state index < -0.39 is 0 Å². The van der Waals surface area contributed by atoms with Crippen LogP contribution in [-0.4, -0.2) is 75.6 Å². The van der Waals surface area contributed by atoms with Crippen molar-refractivity contribution >= 4 is 0 Å². The van der Waals surface area contributed by atoms with Gasteiger partial charge in [-0.15, -0.1) is 0 Å². The van der Waals surface area contributed by atoms with Gasteiger partial charge < -0.3 is 24.1 Å². The van der Waals surface area contributed by atoms with Crippen LogP contribution in [0, 0.1) is 11.8 Å². The number of nitrogens with zero attached hydrogens (tertiary/aromatic N) is 2. The van der Waals surface area contributed by atoms with Crippen LogP contribution in [-0.2, 0) is 12.8 Å².